The Bertz CT molecular complexity index is 1060. The number of sulfonamides is 1. The quantitative estimate of drug-likeness (QED) is 0.608. The van der Waals surface area contributed by atoms with Gasteiger partial charge >= 0.3 is 0 Å². The van der Waals surface area contributed by atoms with Crippen LogP contribution in [0.25, 0.3) is 0 Å². The highest BCUT2D eigenvalue weighted by Gasteiger charge is 2.32. The summed E-state index contributed by atoms with van der Waals surface area (Å²) in [7, 11) is -3.65. The van der Waals surface area contributed by atoms with Crippen molar-refractivity contribution in [2.45, 2.75) is 78.3 Å². The molecule has 1 N–H and O–H groups in total. The van der Waals surface area contributed by atoms with Gasteiger partial charge in [-0.05, 0) is 92.3 Å². The van der Waals surface area contributed by atoms with Crippen LogP contribution >= 0.6 is 0 Å². The molecule has 0 fully saturated rings. The number of hydrogen-bond acceptors (Lipinski definition) is 3. The van der Waals surface area contributed by atoms with Crippen molar-refractivity contribution in [1.82, 2.24) is 5.32 Å². The van der Waals surface area contributed by atoms with Gasteiger partial charge in [-0.3, -0.25) is 9.10 Å². The summed E-state index contributed by atoms with van der Waals surface area (Å²) in [6, 6.07) is 11.2. The van der Waals surface area contributed by atoms with Crippen molar-refractivity contribution >= 4 is 21.6 Å². The Balaban J connectivity index is 1.90. The van der Waals surface area contributed by atoms with Crippen molar-refractivity contribution in [2.24, 2.45) is 0 Å². The lowest BCUT2D eigenvalue weighted by atomic mass is 9.88. The lowest BCUT2D eigenvalue weighted by Gasteiger charge is -2.32. The highest BCUT2D eigenvalue weighted by molar-refractivity contribution is 7.92. The molecule has 2 aromatic rings. The average Bonchev–Trinajstić information content (AvgIpc) is 2.73. The standard InChI is InChI=1S/C26H36N2O3S/c1-6-24(22-13-12-20-10-8-9-11-21(20)17-22)27-26(29)25(7-2)28(32(5,30)31)23-15-18(3)14-19(4)16-23/h12-17,24-25H,6-11H2,1-5H3,(H,27,29). The second-order valence-corrected chi connectivity index (χ2v) is 10.9. The maximum absolute atomic E-state index is 13.4. The predicted molar refractivity (Wildman–Crippen MR) is 132 cm³/mol. The number of carbonyl (C=O) groups is 1. The zero-order chi connectivity index (χ0) is 23.5. The number of fused-ring (bicyclic) bond motifs is 1. The van der Waals surface area contributed by atoms with E-state index in [4.69, 9.17) is 0 Å². The number of benzene rings is 2. The number of aryl methyl sites for hydroxylation is 4. The van der Waals surface area contributed by atoms with Gasteiger partial charge in [0, 0.05) is 0 Å². The molecule has 2 atom stereocenters. The molecular formula is C26H36N2O3S. The number of hydrogen-bond donors (Lipinski definition) is 1. The smallest absolute Gasteiger partial charge is 0.244 e. The zero-order valence-corrected chi connectivity index (χ0v) is 20.8. The number of carbonyl (C=O) groups excluding carboxylic acids is 1. The molecule has 1 aliphatic carbocycles. The molecule has 1 aliphatic rings. The summed E-state index contributed by atoms with van der Waals surface area (Å²) in [5.41, 5.74) is 6.34. The fourth-order valence-corrected chi connectivity index (χ4v) is 5.99. The van der Waals surface area contributed by atoms with Gasteiger partial charge in [0.2, 0.25) is 15.9 Å². The van der Waals surface area contributed by atoms with Crippen LogP contribution in [-0.4, -0.2) is 26.6 Å². The second kappa shape index (κ2) is 10.1. The first-order valence-electron chi connectivity index (χ1n) is 11.6. The molecule has 0 saturated heterocycles. The molecule has 0 heterocycles. The number of anilines is 1. The highest BCUT2D eigenvalue weighted by atomic mass is 32.2. The molecule has 2 unspecified atom stereocenters. The minimum Gasteiger partial charge on any atom is -0.347 e. The lowest BCUT2D eigenvalue weighted by Crippen LogP contribution is -2.50. The Morgan fingerprint density at radius 1 is 0.969 bits per heavy atom. The fourth-order valence-electron chi connectivity index (χ4n) is 4.80. The maximum Gasteiger partial charge on any atom is 0.244 e. The van der Waals surface area contributed by atoms with E-state index >= 15 is 0 Å². The minimum atomic E-state index is -3.65. The second-order valence-electron chi connectivity index (χ2n) is 9.03. The van der Waals surface area contributed by atoms with E-state index in [0.717, 1.165) is 36.0 Å². The van der Waals surface area contributed by atoms with Crippen LogP contribution in [0.2, 0.25) is 0 Å². The summed E-state index contributed by atoms with van der Waals surface area (Å²) in [4.78, 5) is 13.4. The molecule has 0 aliphatic heterocycles. The van der Waals surface area contributed by atoms with Gasteiger partial charge < -0.3 is 5.32 Å². The van der Waals surface area contributed by atoms with Gasteiger partial charge in [-0.25, -0.2) is 8.42 Å². The van der Waals surface area contributed by atoms with Gasteiger partial charge in [-0.15, -0.1) is 0 Å². The molecule has 6 heteroatoms. The third kappa shape index (κ3) is 5.52. The molecule has 0 spiro atoms. The van der Waals surface area contributed by atoms with Crippen LogP contribution in [-0.2, 0) is 27.7 Å². The van der Waals surface area contributed by atoms with Crippen LogP contribution in [0.4, 0.5) is 5.69 Å². The molecule has 1 amide bonds. The number of rotatable bonds is 8. The van der Waals surface area contributed by atoms with Crippen LogP contribution < -0.4 is 9.62 Å². The molecule has 0 aromatic heterocycles. The molecule has 0 radical (unpaired) electrons. The maximum atomic E-state index is 13.4. The summed E-state index contributed by atoms with van der Waals surface area (Å²) in [5, 5.41) is 3.15. The molecule has 5 nitrogen and oxygen atoms in total. The predicted octanol–water partition coefficient (Wildman–Crippen LogP) is 4.99. The molecule has 3 rings (SSSR count). The first-order chi connectivity index (χ1) is 15.1. The normalized spacial score (nSPS) is 15.5. The van der Waals surface area contributed by atoms with Gasteiger partial charge in [0.05, 0.1) is 18.0 Å². The summed E-state index contributed by atoms with van der Waals surface area (Å²) in [6.07, 6.45) is 6.93. The Morgan fingerprint density at radius 3 is 2.16 bits per heavy atom. The van der Waals surface area contributed by atoms with E-state index in [0.29, 0.717) is 12.1 Å². The largest absolute Gasteiger partial charge is 0.347 e. The van der Waals surface area contributed by atoms with E-state index in [9.17, 15) is 13.2 Å². The third-order valence-corrected chi connectivity index (χ3v) is 7.47. The monoisotopic (exact) mass is 456 g/mol. The molecule has 0 saturated carbocycles. The summed E-state index contributed by atoms with van der Waals surface area (Å²) < 4.78 is 26.9. The van der Waals surface area contributed by atoms with Crippen LogP contribution in [0, 0.1) is 13.8 Å². The van der Waals surface area contributed by atoms with Crippen LogP contribution in [0.15, 0.2) is 36.4 Å². The van der Waals surface area contributed by atoms with Crippen molar-refractivity contribution in [2.75, 3.05) is 10.6 Å². The summed E-state index contributed by atoms with van der Waals surface area (Å²) in [5.74, 6) is -0.262. The van der Waals surface area contributed by atoms with E-state index in [-0.39, 0.29) is 11.9 Å². The van der Waals surface area contributed by atoms with Gasteiger partial charge in [-0.1, -0.05) is 38.1 Å². The summed E-state index contributed by atoms with van der Waals surface area (Å²) in [6.45, 7) is 7.76. The van der Waals surface area contributed by atoms with Crippen LogP contribution in [0.3, 0.4) is 0 Å². The molecule has 0 bridgehead atoms. The molecule has 2 aromatic carbocycles. The topological polar surface area (TPSA) is 66.5 Å². The van der Waals surface area contributed by atoms with E-state index < -0.39 is 16.1 Å². The van der Waals surface area contributed by atoms with Crippen molar-refractivity contribution in [3.63, 3.8) is 0 Å². The molecule has 174 valence electrons. The van der Waals surface area contributed by atoms with Crippen molar-refractivity contribution < 1.29 is 13.2 Å². The number of nitrogens with zero attached hydrogens (tertiary/aromatic N) is 1. The highest BCUT2D eigenvalue weighted by Crippen LogP contribution is 2.28. The molecular weight excluding hydrogens is 420 g/mol. The van der Waals surface area contributed by atoms with Crippen molar-refractivity contribution in [3.05, 3.63) is 64.2 Å². The molecule has 32 heavy (non-hydrogen) atoms. The van der Waals surface area contributed by atoms with E-state index in [1.54, 1.807) is 0 Å². The fraction of sp³-hybridized carbons (Fsp3) is 0.500. The average molecular weight is 457 g/mol. The van der Waals surface area contributed by atoms with Gasteiger partial charge in [0.1, 0.15) is 6.04 Å². The van der Waals surface area contributed by atoms with Crippen LogP contribution in [0.5, 0.6) is 0 Å². The van der Waals surface area contributed by atoms with Gasteiger partial charge in [0.25, 0.3) is 0 Å². The first kappa shape index (κ1) is 24.3. The van der Waals surface area contributed by atoms with E-state index in [1.165, 1.54) is 34.5 Å². The van der Waals surface area contributed by atoms with Crippen molar-refractivity contribution in [1.29, 1.82) is 0 Å². The zero-order valence-electron chi connectivity index (χ0n) is 19.9. The lowest BCUT2D eigenvalue weighted by molar-refractivity contribution is -0.123. The first-order valence-corrected chi connectivity index (χ1v) is 13.5. The Hall–Kier alpha value is -2.34. The van der Waals surface area contributed by atoms with Gasteiger partial charge in [0.15, 0.2) is 0 Å². The SMILES string of the molecule is CCC(NC(=O)C(CC)N(c1cc(C)cc(C)c1)S(C)(=O)=O)c1ccc2c(c1)CCCC2. The van der Waals surface area contributed by atoms with Crippen LogP contribution in [0.1, 0.15) is 73.4 Å². The number of nitrogens with one attached hydrogen (secondary N) is 1. The summed E-state index contributed by atoms with van der Waals surface area (Å²) >= 11 is 0. The number of amides is 1. The van der Waals surface area contributed by atoms with Crippen molar-refractivity contribution in [3.8, 4) is 0 Å². The third-order valence-electron chi connectivity index (χ3n) is 6.29. The van der Waals surface area contributed by atoms with E-state index in [1.807, 2.05) is 45.9 Å². The Kier molecular flexibility index (Phi) is 7.65. The van der Waals surface area contributed by atoms with E-state index in [2.05, 4.69) is 23.5 Å². The van der Waals surface area contributed by atoms with Gasteiger partial charge in [-0.2, -0.15) is 0 Å². The Labute approximate surface area is 193 Å². The minimum absolute atomic E-state index is 0.149. The Morgan fingerprint density at radius 2 is 1.59 bits per heavy atom.